The molecule has 1 aromatic carbocycles. The molecule has 0 bridgehead atoms. The highest BCUT2D eigenvalue weighted by atomic mass is 16.6. The molecule has 3 N–H and O–H groups in total. The highest BCUT2D eigenvalue weighted by Crippen LogP contribution is 2.27. The zero-order valence-corrected chi connectivity index (χ0v) is 12.7. The van der Waals surface area contributed by atoms with Crippen molar-refractivity contribution in [1.82, 2.24) is 5.32 Å². The Hall–Kier alpha value is -2.15. The minimum absolute atomic E-state index is 0.0114. The molecule has 1 atom stereocenters. The zero-order valence-electron chi connectivity index (χ0n) is 12.7. The Morgan fingerprint density at radius 3 is 2.62 bits per heavy atom. The molecule has 0 saturated carbocycles. The smallest absolute Gasteiger partial charge is 0.276 e. The van der Waals surface area contributed by atoms with E-state index in [9.17, 15) is 14.9 Å². The Morgan fingerprint density at radius 2 is 2.14 bits per heavy atom. The van der Waals surface area contributed by atoms with Crippen LogP contribution in [0.1, 0.15) is 26.3 Å². The van der Waals surface area contributed by atoms with Crippen LogP contribution in [-0.2, 0) is 4.79 Å². The summed E-state index contributed by atoms with van der Waals surface area (Å²) in [6.45, 7) is 7.01. The molecular formula is C14H21N3O4. The number of nitro benzene ring substituents is 1. The van der Waals surface area contributed by atoms with Crippen LogP contribution in [-0.4, -0.2) is 29.0 Å². The van der Waals surface area contributed by atoms with E-state index in [0.717, 1.165) is 0 Å². The van der Waals surface area contributed by atoms with Crippen LogP contribution in [0.5, 0.6) is 5.75 Å². The van der Waals surface area contributed by atoms with Gasteiger partial charge in [0, 0.05) is 12.1 Å². The average Bonchev–Trinajstić information content (AvgIpc) is 2.36. The van der Waals surface area contributed by atoms with E-state index in [2.05, 4.69) is 5.32 Å². The molecule has 0 aliphatic heterocycles. The summed E-state index contributed by atoms with van der Waals surface area (Å²) in [5.41, 5.74) is 4.75. The number of amides is 1. The van der Waals surface area contributed by atoms with Gasteiger partial charge in [0.1, 0.15) is 17.9 Å². The first-order valence-corrected chi connectivity index (χ1v) is 6.62. The lowest BCUT2D eigenvalue weighted by atomic mass is 10.0. The second-order valence-corrected chi connectivity index (χ2v) is 5.44. The number of nitrogens with zero attached hydrogens (tertiary/aromatic N) is 1. The lowest BCUT2D eigenvalue weighted by Gasteiger charge is -2.29. The van der Waals surface area contributed by atoms with Gasteiger partial charge >= 0.3 is 0 Å². The number of nitro groups is 1. The SMILES string of the molecule is Cc1c(OCC(C)(NC(C)C)C(N)=O)cccc1[N+](=O)[O-]. The largest absolute Gasteiger partial charge is 0.491 e. The van der Waals surface area contributed by atoms with E-state index in [-0.39, 0.29) is 18.3 Å². The molecule has 7 nitrogen and oxygen atoms in total. The molecule has 0 aliphatic rings. The van der Waals surface area contributed by atoms with Crippen molar-refractivity contribution in [3.05, 3.63) is 33.9 Å². The molecule has 0 saturated heterocycles. The van der Waals surface area contributed by atoms with E-state index in [1.54, 1.807) is 19.9 Å². The lowest BCUT2D eigenvalue weighted by molar-refractivity contribution is -0.385. The Labute approximate surface area is 123 Å². The van der Waals surface area contributed by atoms with Crippen LogP contribution in [0.15, 0.2) is 18.2 Å². The van der Waals surface area contributed by atoms with Crippen LogP contribution in [0.3, 0.4) is 0 Å². The monoisotopic (exact) mass is 295 g/mol. The standard InChI is InChI=1S/C14H21N3O4/c1-9(2)16-14(4,13(15)18)8-21-12-7-5-6-11(10(12)3)17(19)20/h5-7,9,16H,8H2,1-4H3,(H2,15,18). The van der Waals surface area contributed by atoms with Gasteiger partial charge in [-0.3, -0.25) is 20.2 Å². The second kappa shape index (κ2) is 6.53. The van der Waals surface area contributed by atoms with Crippen LogP contribution >= 0.6 is 0 Å². The van der Waals surface area contributed by atoms with Crippen LogP contribution in [0.2, 0.25) is 0 Å². The summed E-state index contributed by atoms with van der Waals surface area (Å²) in [5.74, 6) is -0.179. The lowest BCUT2D eigenvalue weighted by Crippen LogP contribution is -2.59. The summed E-state index contributed by atoms with van der Waals surface area (Å²) in [6, 6.07) is 4.61. The van der Waals surface area contributed by atoms with Gasteiger partial charge in [0.15, 0.2) is 0 Å². The molecule has 0 radical (unpaired) electrons. The maximum Gasteiger partial charge on any atom is 0.276 e. The van der Waals surface area contributed by atoms with Gasteiger partial charge in [-0.25, -0.2) is 0 Å². The fourth-order valence-electron chi connectivity index (χ4n) is 2.00. The summed E-state index contributed by atoms with van der Waals surface area (Å²) in [7, 11) is 0. The number of nitrogens with one attached hydrogen (secondary N) is 1. The topological polar surface area (TPSA) is 107 Å². The molecule has 116 valence electrons. The number of hydrogen-bond donors (Lipinski definition) is 2. The highest BCUT2D eigenvalue weighted by molar-refractivity contribution is 5.84. The highest BCUT2D eigenvalue weighted by Gasteiger charge is 2.33. The van der Waals surface area contributed by atoms with Crippen molar-refractivity contribution in [2.75, 3.05) is 6.61 Å². The number of primary amides is 1. The van der Waals surface area contributed by atoms with E-state index < -0.39 is 16.4 Å². The third-order valence-corrected chi connectivity index (χ3v) is 3.12. The molecule has 1 unspecified atom stereocenters. The Balaban J connectivity index is 2.94. The van der Waals surface area contributed by atoms with Gasteiger partial charge in [0.05, 0.1) is 10.5 Å². The van der Waals surface area contributed by atoms with Crippen molar-refractivity contribution >= 4 is 11.6 Å². The summed E-state index contributed by atoms with van der Waals surface area (Å²) in [5, 5.41) is 13.9. The fourth-order valence-corrected chi connectivity index (χ4v) is 2.00. The van der Waals surface area contributed by atoms with Crippen molar-refractivity contribution < 1.29 is 14.5 Å². The van der Waals surface area contributed by atoms with Crippen molar-refractivity contribution in [3.63, 3.8) is 0 Å². The van der Waals surface area contributed by atoms with Gasteiger partial charge in [-0.1, -0.05) is 6.07 Å². The number of hydrogen-bond acceptors (Lipinski definition) is 5. The first kappa shape index (κ1) is 16.9. The van der Waals surface area contributed by atoms with E-state index in [0.29, 0.717) is 11.3 Å². The maximum atomic E-state index is 11.6. The van der Waals surface area contributed by atoms with Gasteiger partial charge in [0.2, 0.25) is 5.91 Å². The van der Waals surface area contributed by atoms with Crippen molar-refractivity contribution in [2.24, 2.45) is 5.73 Å². The summed E-state index contributed by atoms with van der Waals surface area (Å²) in [4.78, 5) is 22.0. The third-order valence-electron chi connectivity index (χ3n) is 3.12. The molecule has 0 aromatic heterocycles. The van der Waals surface area contributed by atoms with Gasteiger partial charge < -0.3 is 10.5 Å². The molecular weight excluding hydrogens is 274 g/mol. The predicted molar refractivity (Wildman–Crippen MR) is 79.2 cm³/mol. The second-order valence-electron chi connectivity index (χ2n) is 5.44. The molecule has 21 heavy (non-hydrogen) atoms. The molecule has 1 rings (SSSR count). The minimum Gasteiger partial charge on any atom is -0.491 e. The number of carbonyl (C=O) groups is 1. The molecule has 0 spiro atoms. The van der Waals surface area contributed by atoms with Gasteiger partial charge in [-0.2, -0.15) is 0 Å². The van der Waals surface area contributed by atoms with Crippen LogP contribution in [0.25, 0.3) is 0 Å². The number of benzene rings is 1. The third kappa shape index (κ3) is 4.16. The Kier molecular flexibility index (Phi) is 5.26. The summed E-state index contributed by atoms with van der Waals surface area (Å²) >= 11 is 0. The molecule has 1 amide bonds. The predicted octanol–water partition coefficient (Wildman–Crippen LogP) is 1.52. The van der Waals surface area contributed by atoms with E-state index >= 15 is 0 Å². The van der Waals surface area contributed by atoms with Crippen LogP contribution < -0.4 is 15.8 Å². The quantitative estimate of drug-likeness (QED) is 0.586. The van der Waals surface area contributed by atoms with E-state index in [4.69, 9.17) is 10.5 Å². The van der Waals surface area contributed by atoms with E-state index in [1.165, 1.54) is 12.1 Å². The fraction of sp³-hybridized carbons (Fsp3) is 0.500. The van der Waals surface area contributed by atoms with Gasteiger partial charge in [0.25, 0.3) is 5.69 Å². The first-order chi connectivity index (χ1) is 9.67. The Bertz CT molecular complexity index is 545. The summed E-state index contributed by atoms with van der Waals surface area (Å²) < 4.78 is 5.59. The zero-order chi connectivity index (χ0) is 16.2. The van der Waals surface area contributed by atoms with Gasteiger partial charge in [-0.05, 0) is 33.8 Å². The average molecular weight is 295 g/mol. The maximum absolute atomic E-state index is 11.6. The Morgan fingerprint density at radius 1 is 1.52 bits per heavy atom. The number of rotatable bonds is 7. The number of nitrogens with two attached hydrogens (primary N) is 1. The van der Waals surface area contributed by atoms with Crippen molar-refractivity contribution in [1.29, 1.82) is 0 Å². The minimum atomic E-state index is -1.05. The molecule has 0 heterocycles. The molecule has 1 aromatic rings. The molecule has 0 fully saturated rings. The molecule has 0 aliphatic carbocycles. The first-order valence-electron chi connectivity index (χ1n) is 6.62. The molecule has 7 heteroatoms. The van der Waals surface area contributed by atoms with E-state index in [1.807, 2.05) is 13.8 Å². The van der Waals surface area contributed by atoms with Crippen LogP contribution in [0.4, 0.5) is 5.69 Å². The van der Waals surface area contributed by atoms with Crippen molar-refractivity contribution in [3.8, 4) is 5.75 Å². The summed E-state index contributed by atoms with van der Waals surface area (Å²) in [6.07, 6.45) is 0. The number of carbonyl (C=O) groups excluding carboxylic acids is 1. The normalized spacial score (nSPS) is 13.8. The van der Waals surface area contributed by atoms with Crippen molar-refractivity contribution in [2.45, 2.75) is 39.3 Å². The van der Waals surface area contributed by atoms with Gasteiger partial charge in [-0.15, -0.1) is 0 Å². The number of ether oxygens (including phenoxy) is 1. The van der Waals surface area contributed by atoms with Crippen LogP contribution in [0, 0.1) is 17.0 Å².